The molecule has 3 aliphatic rings. The summed E-state index contributed by atoms with van der Waals surface area (Å²) >= 11 is 0. The predicted octanol–water partition coefficient (Wildman–Crippen LogP) is 0.0300. The number of amides is 1. The molecule has 4 atom stereocenters. The first kappa shape index (κ1) is 22.8. The molecule has 0 aromatic heterocycles. The molecule has 10 nitrogen and oxygen atoms in total. The average molecular weight is 457 g/mol. The van der Waals surface area contributed by atoms with Crippen molar-refractivity contribution in [2.24, 2.45) is 17.6 Å². The number of benzene rings is 1. The Kier molecular flexibility index (Phi) is 5.06. The van der Waals surface area contributed by atoms with Gasteiger partial charge >= 0.3 is 0 Å². The molecule has 3 aliphatic carbocycles. The summed E-state index contributed by atoms with van der Waals surface area (Å²) in [4.78, 5) is 41.8. The van der Waals surface area contributed by atoms with Gasteiger partial charge in [0.1, 0.15) is 22.8 Å². The minimum atomic E-state index is -2.63. The van der Waals surface area contributed by atoms with E-state index in [0.717, 1.165) is 0 Å². The number of rotatable bonds is 3. The zero-order valence-corrected chi connectivity index (χ0v) is 18.8. The normalized spacial score (nSPS) is 29.1. The number of nitrogens with zero attached hydrogens (tertiary/aromatic N) is 2. The van der Waals surface area contributed by atoms with Crippen molar-refractivity contribution in [1.82, 2.24) is 4.90 Å². The summed E-state index contributed by atoms with van der Waals surface area (Å²) in [5.74, 6) is -6.50. The van der Waals surface area contributed by atoms with Crippen LogP contribution in [0.1, 0.15) is 17.5 Å². The van der Waals surface area contributed by atoms with E-state index in [2.05, 4.69) is 0 Å². The van der Waals surface area contributed by atoms with E-state index in [0.29, 0.717) is 11.3 Å². The molecule has 33 heavy (non-hydrogen) atoms. The number of nitrogens with two attached hydrogens (primary N) is 1. The molecule has 1 aromatic rings. The molecule has 1 fully saturated rings. The third kappa shape index (κ3) is 2.90. The van der Waals surface area contributed by atoms with Gasteiger partial charge in [-0.3, -0.25) is 19.3 Å². The number of anilines is 1. The second-order valence-corrected chi connectivity index (χ2v) is 9.32. The van der Waals surface area contributed by atoms with Gasteiger partial charge < -0.3 is 31.1 Å². The molecule has 6 N–H and O–H groups in total. The highest BCUT2D eigenvalue weighted by molar-refractivity contribution is 6.24. The van der Waals surface area contributed by atoms with Crippen LogP contribution < -0.4 is 10.6 Å². The van der Waals surface area contributed by atoms with E-state index >= 15 is 0 Å². The van der Waals surface area contributed by atoms with Gasteiger partial charge in [0, 0.05) is 25.6 Å². The molecule has 1 saturated carbocycles. The molecule has 0 bridgehead atoms. The van der Waals surface area contributed by atoms with Crippen LogP contribution >= 0.6 is 0 Å². The molecule has 10 heteroatoms. The standard InChI is InChI=1S/C23H27N3O7/c1-25(2)12-6-5-9-7-10-8-11-16(26(3)4)19(29)15(22(24)32)21(31)23(11,33)20(30)14(10)18(28)13(9)17(12)27/h5-6,10-11,16,27-28,31,33H,7-8H2,1-4H3,(H2,24,32)/t10-,11-,16+,23-/m0/s1. The maximum Gasteiger partial charge on any atom is 0.255 e. The van der Waals surface area contributed by atoms with Crippen LogP contribution in [0.4, 0.5) is 5.69 Å². The van der Waals surface area contributed by atoms with Gasteiger partial charge in [0.25, 0.3) is 5.91 Å². The lowest BCUT2D eigenvalue weighted by Gasteiger charge is -2.50. The van der Waals surface area contributed by atoms with Crippen LogP contribution in [0.5, 0.6) is 5.75 Å². The molecule has 0 unspecified atom stereocenters. The first-order valence-corrected chi connectivity index (χ1v) is 10.5. The number of phenolic OH excluding ortho intramolecular Hbond substituents is 1. The van der Waals surface area contributed by atoms with E-state index in [-0.39, 0.29) is 29.7 Å². The van der Waals surface area contributed by atoms with Gasteiger partial charge in [-0.15, -0.1) is 0 Å². The maximum atomic E-state index is 13.7. The van der Waals surface area contributed by atoms with Crippen LogP contribution in [0.3, 0.4) is 0 Å². The van der Waals surface area contributed by atoms with Crippen LogP contribution in [-0.4, -0.2) is 82.6 Å². The molecular weight excluding hydrogens is 430 g/mol. The number of phenols is 1. The number of carbonyl (C=O) groups excluding carboxylic acids is 3. The Morgan fingerprint density at radius 2 is 1.76 bits per heavy atom. The first-order valence-electron chi connectivity index (χ1n) is 10.5. The summed E-state index contributed by atoms with van der Waals surface area (Å²) < 4.78 is 0. The third-order valence-electron chi connectivity index (χ3n) is 7.05. The highest BCUT2D eigenvalue weighted by atomic mass is 16.3. The van der Waals surface area contributed by atoms with Crippen molar-refractivity contribution in [3.8, 4) is 5.75 Å². The summed E-state index contributed by atoms with van der Waals surface area (Å²) in [6, 6.07) is 2.36. The largest absolute Gasteiger partial charge is 0.508 e. The van der Waals surface area contributed by atoms with E-state index in [1.165, 1.54) is 4.90 Å². The molecule has 0 radical (unpaired) electrons. The number of carbonyl (C=O) groups is 3. The monoisotopic (exact) mass is 457 g/mol. The van der Waals surface area contributed by atoms with Gasteiger partial charge in [-0.25, -0.2) is 0 Å². The molecule has 176 valence electrons. The zero-order valence-electron chi connectivity index (χ0n) is 18.8. The topological polar surface area (TPSA) is 165 Å². The molecule has 0 heterocycles. The smallest absolute Gasteiger partial charge is 0.255 e. The number of primary amides is 1. The van der Waals surface area contributed by atoms with Crippen LogP contribution in [-0.2, 0) is 20.8 Å². The fourth-order valence-electron chi connectivity index (χ4n) is 5.57. The Bertz CT molecular complexity index is 1170. The van der Waals surface area contributed by atoms with Gasteiger partial charge in [0.15, 0.2) is 11.4 Å². The third-order valence-corrected chi connectivity index (χ3v) is 7.05. The Balaban J connectivity index is 1.97. The van der Waals surface area contributed by atoms with Crippen LogP contribution in [0.25, 0.3) is 5.76 Å². The lowest BCUT2D eigenvalue weighted by molar-refractivity contribution is -0.153. The number of likely N-dealkylation sites (N-methyl/N-ethyl adjacent to an activating group) is 1. The molecular formula is C23H27N3O7. The number of aliphatic hydroxyl groups excluding tert-OH is 2. The molecule has 1 amide bonds. The van der Waals surface area contributed by atoms with E-state index in [4.69, 9.17) is 5.73 Å². The number of Topliss-reactive ketones (excluding diaryl/α,β-unsaturated/α-hetero) is 2. The zero-order chi connectivity index (χ0) is 24.6. The second-order valence-electron chi connectivity index (χ2n) is 9.32. The van der Waals surface area contributed by atoms with E-state index in [1.54, 1.807) is 45.2 Å². The van der Waals surface area contributed by atoms with Crippen molar-refractivity contribution in [3.63, 3.8) is 0 Å². The number of aliphatic hydroxyl groups is 3. The van der Waals surface area contributed by atoms with Gasteiger partial charge in [0.05, 0.1) is 17.3 Å². The highest BCUT2D eigenvalue weighted by Crippen LogP contribution is 2.53. The molecule has 0 spiro atoms. The number of aromatic hydroxyl groups is 1. The van der Waals surface area contributed by atoms with Crippen molar-refractivity contribution >= 4 is 28.9 Å². The van der Waals surface area contributed by atoms with E-state index in [9.17, 15) is 34.8 Å². The predicted molar refractivity (Wildman–Crippen MR) is 119 cm³/mol. The van der Waals surface area contributed by atoms with Crippen molar-refractivity contribution in [1.29, 1.82) is 0 Å². The Hall–Kier alpha value is -3.37. The minimum absolute atomic E-state index is 0.0714. The molecule has 4 rings (SSSR count). The number of ketones is 2. The summed E-state index contributed by atoms with van der Waals surface area (Å²) in [5.41, 5.74) is 2.82. The summed E-state index contributed by atoms with van der Waals surface area (Å²) in [5, 5.41) is 44.2. The van der Waals surface area contributed by atoms with Gasteiger partial charge in [-0.2, -0.15) is 0 Å². The SMILES string of the molecule is CN(C)c1ccc2c(c1O)C(O)=C1C(=O)[C@]3(O)C(O)=C(C(N)=O)C(=O)[C@H](N(C)C)[C@@H]3C[C@@H]1C2. The summed E-state index contributed by atoms with van der Waals surface area (Å²) in [6.07, 6.45) is 0.345. The van der Waals surface area contributed by atoms with Crippen LogP contribution in [0, 0.1) is 11.8 Å². The van der Waals surface area contributed by atoms with Crippen molar-refractivity contribution in [2.45, 2.75) is 24.5 Å². The Morgan fingerprint density at radius 1 is 1.12 bits per heavy atom. The van der Waals surface area contributed by atoms with E-state index < -0.39 is 58.0 Å². The number of fused-ring (bicyclic) bond motifs is 3. The lowest BCUT2D eigenvalue weighted by Crippen LogP contribution is -2.65. The van der Waals surface area contributed by atoms with E-state index in [1.807, 2.05) is 0 Å². The Labute approximate surface area is 190 Å². The molecule has 0 saturated heterocycles. The van der Waals surface area contributed by atoms with Crippen molar-refractivity contribution < 1.29 is 34.8 Å². The molecule has 0 aliphatic heterocycles. The second kappa shape index (κ2) is 7.32. The van der Waals surface area contributed by atoms with Crippen molar-refractivity contribution in [3.05, 3.63) is 40.2 Å². The quantitative estimate of drug-likeness (QED) is 0.394. The van der Waals surface area contributed by atoms with Gasteiger partial charge in [-0.05, 0) is 44.5 Å². The summed E-state index contributed by atoms with van der Waals surface area (Å²) in [7, 11) is 6.55. The van der Waals surface area contributed by atoms with Gasteiger partial charge in [0.2, 0.25) is 5.78 Å². The average Bonchev–Trinajstić information content (AvgIpc) is 2.70. The lowest BCUT2D eigenvalue weighted by atomic mass is 9.57. The fourth-order valence-corrected chi connectivity index (χ4v) is 5.57. The maximum absolute atomic E-state index is 13.7. The minimum Gasteiger partial charge on any atom is -0.508 e. The number of hydrogen-bond acceptors (Lipinski definition) is 9. The summed E-state index contributed by atoms with van der Waals surface area (Å²) in [6.45, 7) is 0. The number of hydrogen-bond donors (Lipinski definition) is 5. The highest BCUT2D eigenvalue weighted by Gasteiger charge is 2.64. The van der Waals surface area contributed by atoms with Crippen LogP contribution in [0.15, 0.2) is 29.0 Å². The van der Waals surface area contributed by atoms with Gasteiger partial charge in [-0.1, -0.05) is 6.07 Å². The Morgan fingerprint density at radius 3 is 2.30 bits per heavy atom. The van der Waals surface area contributed by atoms with Crippen LogP contribution in [0.2, 0.25) is 0 Å². The fraction of sp³-hybridized carbons (Fsp3) is 0.435. The first-order chi connectivity index (χ1) is 15.3. The molecule has 1 aromatic carbocycles. The van der Waals surface area contributed by atoms with Crippen molar-refractivity contribution in [2.75, 3.05) is 33.1 Å².